The molecule has 0 spiro atoms. The van der Waals surface area contributed by atoms with E-state index in [2.05, 4.69) is 10.3 Å². The lowest BCUT2D eigenvalue weighted by Crippen LogP contribution is -2.23. The summed E-state index contributed by atoms with van der Waals surface area (Å²) in [5.74, 6) is 0.119. The number of nitrogens with zero attached hydrogens (tertiary/aromatic N) is 1. The Morgan fingerprint density at radius 3 is 2.52 bits per heavy atom. The summed E-state index contributed by atoms with van der Waals surface area (Å²) in [6, 6.07) is 11.4. The summed E-state index contributed by atoms with van der Waals surface area (Å²) in [5, 5.41) is 2.87. The minimum absolute atomic E-state index is 0.206. The van der Waals surface area contributed by atoms with Gasteiger partial charge in [-0.05, 0) is 37.1 Å². The van der Waals surface area contributed by atoms with Crippen LogP contribution in [0.25, 0.3) is 0 Å². The molecule has 5 heteroatoms. The lowest BCUT2D eigenvalue weighted by molar-refractivity contribution is 0.0657. The van der Waals surface area contributed by atoms with E-state index >= 15 is 0 Å². The molecule has 0 aliphatic rings. The molecule has 0 bridgehead atoms. The molecular formula is C18H22N2O3. The van der Waals surface area contributed by atoms with Gasteiger partial charge in [0, 0.05) is 12.7 Å². The molecule has 0 unspecified atom stereocenters. The topological polar surface area (TPSA) is 60.5 Å². The minimum Gasteiger partial charge on any atom is -0.480 e. The van der Waals surface area contributed by atoms with Crippen LogP contribution < -0.4 is 10.1 Å². The number of aromatic nitrogens is 1. The van der Waals surface area contributed by atoms with Crippen molar-refractivity contribution >= 4 is 5.91 Å². The quantitative estimate of drug-likeness (QED) is 0.853. The van der Waals surface area contributed by atoms with E-state index in [-0.39, 0.29) is 12.0 Å². The average Bonchev–Trinajstić information content (AvgIpc) is 2.58. The molecule has 0 aliphatic heterocycles. The molecule has 0 fully saturated rings. The highest BCUT2D eigenvalue weighted by atomic mass is 16.5. The molecule has 1 aromatic heterocycles. The van der Waals surface area contributed by atoms with Crippen LogP contribution in [0.5, 0.6) is 5.88 Å². The zero-order chi connectivity index (χ0) is 16.7. The summed E-state index contributed by atoms with van der Waals surface area (Å²) in [6.07, 6.45) is 1.80. The van der Waals surface area contributed by atoms with E-state index in [9.17, 15) is 4.79 Å². The predicted molar refractivity (Wildman–Crippen MR) is 88.3 cm³/mol. The zero-order valence-corrected chi connectivity index (χ0v) is 13.7. The Morgan fingerprint density at radius 2 is 1.87 bits per heavy atom. The maximum absolute atomic E-state index is 12.2. The van der Waals surface area contributed by atoms with Gasteiger partial charge < -0.3 is 14.8 Å². The maximum Gasteiger partial charge on any atom is 0.257 e. The number of ether oxygens (including phenoxy) is 2. The highest BCUT2D eigenvalue weighted by Gasteiger charge is 2.12. The number of nitrogens with one attached hydrogen (secondary N) is 1. The number of benzene rings is 1. The van der Waals surface area contributed by atoms with Gasteiger partial charge >= 0.3 is 0 Å². The van der Waals surface area contributed by atoms with Crippen LogP contribution >= 0.6 is 0 Å². The molecule has 23 heavy (non-hydrogen) atoms. The van der Waals surface area contributed by atoms with Gasteiger partial charge in [-0.25, -0.2) is 4.98 Å². The van der Waals surface area contributed by atoms with Crippen molar-refractivity contribution in [1.82, 2.24) is 10.3 Å². The highest BCUT2D eigenvalue weighted by molar-refractivity contribution is 5.96. The molecule has 1 aromatic carbocycles. The number of hydrogen-bond acceptors (Lipinski definition) is 4. The molecular weight excluding hydrogens is 292 g/mol. The molecule has 1 amide bonds. The van der Waals surface area contributed by atoms with E-state index < -0.39 is 0 Å². The molecule has 1 N–H and O–H groups in total. The van der Waals surface area contributed by atoms with Gasteiger partial charge in [0.25, 0.3) is 5.91 Å². The van der Waals surface area contributed by atoms with Gasteiger partial charge in [0.2, 0.25) is 5.88 Å². The van der Waals surface area contributed by atoms with E-state index in [1.807, 2.05) is 38.1 Å². The molecule has 0 saturated carbocycles. The van der Waals surface area contributed by atoms with E-state index in [4.69, 9.17) is 9.47 Å². The Hall–Kier alpha value is -2.40. The summed E-state index contributed by atoms with van der Waals surface area (Å²) in [5.41, 5.74) is 2.56. The maximum atomic E-state index is 12.2. The molecule has 0 saturated heterocycles. The lowest BCUT2D eigenvalue weighted by atomic mass is 10.1. The highest BCUT2D eigenvalue weighted by Crippen LogP contribution is 2.13. The molecule has 0 atom stereocenters. The van der Waals surface area contributed by atoms with Gasteiger partial charge in [-0.1, -0.05) is 24.3 Å². The zero-order valence-electron chi connectivity index (χ0n) is 13.7. The second-order valence-electron chi connectivity index (χ2n) is 5.42. The molecule has 0 aliphatic carbocycles. The molecule has 0 radical (unpaired) electrons. The van der Waals surface area contributed by atoms with Crippen molar-refractivity contribution < 1.29 is 14.3 Å². The number of rotatable bonds is 7. The van der Waals surface area contributed by atoms with Crippen LogP contribution in [0.2, 0.25) is 0 Å². The van der Waals surface area contributed by atoms with Crippen LogP contribution in [0.4, 0.5) is 0 Å². The molecule has 2 rings (SSSR count). The average molecular weight is 314 g/mol. The third kappa shape index (κ3) is 5.07. The Morgan fingerprint density at radius 1 is 1.17 bits per heavy atom. The summed E-state index contributed by atoms with van der Waals surface area (Å²) in [6.45, 7) is 5.06. The first-order valence-corrected chi connectivity index (χ1v) is 7.56. The fourth-order valence-electron chi connectivity index (χ4n) is 2.02. The van der Waals surface area contributed by atoms with Crippen molar-refractivity contribution in [1.29, 1.82) is 0 Å². The second kappa shape index (κ2) is 8.29. The first-order valence-electron chi connectivity index (χ1n) is 7.56. The van der Waals surface area contributed by atoms with Crippen molar-refractivity contribution in [2.75, 3.05) is 7.11 Å². The first-order chi connectivity index (χ1) is 11.1. The second-order valence-corrected chi connectivity index (χ2v) is 5.42. The first kappa shape index (κ1) is 17.0. The third-order valence-electron chi connectivity index (χ3n) is 3.27. The van der Waals surface area contributed by atoms with Crippen LogP contribution in [0.3, 0.4) is 0 Å². The monoisotopic (exact) mass is 314 g/mol. The smallest absolute Gasteiger partial charge is 0.257 e. The molecule has 1 heterocycles. The number of amides is 1. The summed E-state index contributed by atoms with van der Waals surface area (Å²) in [4.78, 5) is 16.2. The molecule has 2 aromatic rings. The van der Waals surface area contributed by atoms with Crippen molar-refractivity contribution in [2.45, 2.75) is 33.1 Å². The van der Waals surface area contributed by atoms with E-state index in [0.29, 0.717) is 24.6 Å². The fourth-order valence-corrected chi connectivity index (χ4v) is 2.02. The van der Waals surface area contributed by atoms with Crippen LogP contribution in [0.15, 0.2) is 42.6 Å². The Balaban J connectivity index is 1.91. The van der Waals surface area contributed by atoms with Gasteiger partial charge in [0.05, 0.1) is 19.8 Å². The van der Waals surface area contributed by atoms with Crippen LogP contribution in [0.1, 0.15) is 35.3 Å². The number of methoxy groups -OCH3 is 1. The van der Waals surface area contributed by atoms with E-state index in [0.717, 1.165) is 11.1 Å². The molecule has 5 nitrogen and oxygen atoms in total. The van der Waals surface area contributed by atoms with E-state index in [1.165, 1.54) is 7.11 Å². The van der Waals surface area contributed by atoms with Gasteiger partial charge in [-0.2, -0.15) is 0 Å². The van der Waals surface area contributed by atoms with Crippen LogP contribution in [-0.4, -0.2) is 24.1 Å². The van der Waals surface area contributed by atoms with Crippen LogP contribution in [0, 0.1) is 0 Å². The van der Waals surface area contributed by atoms with Crippen molar-refractivity contribution in [3.05, 3.63) is 59.3 Å². The minimum atomic E-state index is -0.206. The predicted octanol–water partition coefficient (Wildman–Crippen LogP) is 2.95. The van der Waals surface area contributed by atoms with Crippen molar-refractivity contribution in [3.8, 4) is 5.88 Å². The lowest BCUT2D eigenvalue weighted by Gasteiger charge is -2.10. The fraction of sp³-hybridized carbons (Fsp3) is 0.333. The Bertz CT molecular complexity index is 639. The largest absolute Gasteiger partial charge is 0.480 e. The standard InChI is InChI=1S/C18H22N2O3/c1-13(2)23-12-15-8-6-14(7-9-15)11-20-17(21)16-5-4-10-19-18(16)22-3/h4-10,13H,11-12H2,1-3H3,(H,20,21). The Kier molecular flexibility index (Phi) is 6.11. The van der Waals surface area contributed by atoms with Gasteiger partial charge in [-0.3, -0.25) is 4.79 Å². The summed E-state index contributed by atoms with van der Waals surface area (Å²) in [7, 11) is 1.50. The SMILES string of the molecule is COc1ncccc1C(=O)NCc1ccc(COC(C)C)cc1. The normalized spacial score (nSPS) is 10.6. The third-order valence-corrected chi connectivity index (χ3v) is 3.27. The number of carbonyl (C=O) groups excluding carboxylic acids is 1. The van der Waals surface area contributed by atoms with Gasteiger partial charge in [0.15, 0.2) is 0 Å². The van der Waals surface area contributed by atoms with Crippen molar-refractivity contribution in [3.63, 3.8) is 0 Å². The Labute approximate surface area is 136 Å². The number of carbonyl (C=O) groups is 1. The van der Waals surface area contributed by atoms with Crippen molar-refractivity contribution in [2.24, 2.45) is 0 Å². The summed E-state index contributed by atoms with van der Waals surface area (Å²) >= 11 is 0. The number of pyridine rings is 1. The van der Waals surface area contributed by atoms with E-state index in [1.54, 1.807) is 18.3 Å². The number of hydrogen-bond donors (Lipinski definition) is 1. The molecule has 122 valence electrons. The van der Waals surface area contributed by atoms with Crippen LogP contribution in [-0.2, 0) is 17.9 Å². The van der Waals surface area contributed by atoms with Gasteiger partial charge in [0.1, 0.15) is 5.56 Å². The summed E-state index contributed by atoms with van der Waals surface area (Å²) < 4.78 is 10.7. The van der Waals surface area contributed by atoms with Gasteiger partial charge in [-0.15, -0.1) is 0 Å².